The predicted octanol–water partition coefficient (Wildman–Crippen LogP) is 4.80. The molecule has 5 rings (SSSR count). The van der Waals surface area contributed by atoms with Gasteiger partial charge in [-0.15, -0.1) is 0 Å². The van der Waals surface area contributed by atoms with Gasteiger partial charge >= 0.3 is 5.97 Å². The summed E-state index contributed by atoms with van der Waals surface area (Å²) in [5, 5.41) is 10.6. The SMILES string of the molecule is COCC1=C(C)CC(C(CO)C2CCC3C4CC=C5CC=CC(=O)[C@]5(C)C4CC[C@]23C)OC1=O. The lowest BCUT2D eigenvalue weighted by Crippen LogP contribution is -2.53. The number of esters is 1. The molecule has 4 aliphatic carbocycles. The second kappa shape index (κ2) is 8.74. The number of ether oxygens (including phenoxy) is 2. The van der Waals surface area contributed by atoms with E-state index in [1.54, 1.807) is 7.11 Å². The van der Waals surface area contributed by atoms with E-state index in [1.807, 2.05) is 19.1 Å². The number of fused-ring (bicyclic) bond motifs is 5. The van der Waals surface area contributed by atoms with Crippen LogP contribution in [0.2, 0.25) is 0 Å². The molecule has 0 saturated heterocycles. The minimum absolute atomic E-state index is 0.0386. The number of hydrogen-bond acceptors (Lipinski definition) is 5. The van der Waals surface area contributed by atoms with Crippen LogP contribution in [0.4, 0.5) is 0 Å². The molecule has 0 aromatic rings. The maximum absolute atomic E-state index is 13.1. The van der Waals surface area contributed by atoms with Crippen molar-refractivity contribution in [1.29, 1.82) is 0 Å². The second-order valence-electron chi connectivity index (χ2n) is 11.9. The first kappa shape index (κ1) is 24.0. The van der Waals surface area contributed by atoms with Gasteiger partial charge in [0.2, 0.25) is 0 Å². The summed E-state index contributed by atoms with van der Waals surface area (Å²) in [4.78, 5) is 25.8. The minimum atomic E-state index is -0.341. The van der Waals surface area contributed by atoms with Crippen molar-refractivity contribution < 1.29 is 24.2 Å². The average molecular weight is 469 g/mol. The molecule has 5 heteroatoms. The molecule has 34 heavy (non-hydrogen) atoms. The van der Waals surface area contributed by atoms with Crippen LogP contribution < -0.4 is 0 Å². The van der Waals surface area contributed by atoms with E-state index in [0.29, 0.717) is 35.7 Å². The number of ketones is 1. The molecule has 5 aliphatic rings. The molecule has 1 heterocycles. The van der Waals surface area contributed by atoms with Crippen LogP contribution in [0.15, 0.2) is 34.9 Å². The van der Waals surface area contributed by atoms with Gasteiger partial charge in [0.1, 0.15) is 6.10 Å². The van der Waals surface area contributed by atoms with Crippen molar-refractivity contribution in [3.05, 3.63) is 34.9 Å². The Morgan fingerprint density at radius 1 is 1.21 bits per heavy atom. The summed E-state index contributed by atoms with van der Waals surface area (Å²) < 4.78 is 11.1. The fraction of sp³-hybridized carbons (Fsp3) is 0.724. The van der Waals surface area contributed by atoms with Crippen LogP contribution in [0.5, 0.6) is 0 Å². The molecular formula is C29H40O5. The molecular weight excluding hydrogens is 428 g/mol. The number of methoxy groups -OCH3 is 1. The van der Waals surface area contributed by atoms with E-state index in [4.69, 9.17) is 9.47 Å². The predicted molar refractivity (Wildman–Crippen MR) is 130 cm³/mol. The number of cyclic esters (lactones) is 1. The molecule has 1 N–H and O–H groups in total. The van der Waals surface area contributed by atoms with Crippen molar-refractivity contribution in [1.82, 2.24) is 0 Å². The number of hydrogen-bond donors (Lipinski definition) is 1. The van der Waals surface area contributed by atoms with Gasteiger partial charge in [0, 0.05) is 26.1 Å². The van der Waals surface area contributed by atoms with Crippen molar-refractivity contribution in [3.8, 4) is 0 Å². The summed E-state index contributed by atoms with van der Waals surface area (Å²) >= 11 is 0. The highest BCUT2D eigenvalue weighted by Crippen LogP contribution is 2.66. The zero-order chi connectivity index (χ0) is 24.3. The largest absolute Gasteiger partial charge is 0.458 e. The van der Waals surface area contributed by atoms with E-state index < -0.39 is 0 Å². The molecule has 0 aromatic heterocycles. The van der Waals surface area contributed by atoms with Crippen molar-refractivity contribution in [2.75, 3.05) is 20.3 Å². The molecule has 0 aromatic carbocycles. The van der Waals surface area contributed by atoms with Gasteiger partial charge in [-0.25, -0.2) is 4.79 Å². The molecule has 6 unspecified atom stereocenters. The van der Waals surface area contributed by atoms with Crippen LogP contribution in [0.1, 0.15) is 65.7 Å². The lowest BCUT2D eigenvalue weighted by atomic mass is 9.47. The smallest absolute Gasteiger partial charge is 0.336 e. The minimum Gasteiger partial charge on any atom is -0.458 e. The monoisotopic (exact) mass is 468 g/mol. The van der Waals surface area contributed by atoms with Crippen LogP contribution in [0.3, 0.4) is 0 Å². The standard InChI is InChI=1S/C29H40O5/c1-17-14-25(34-27(32)21(17)16-33-4)20(15-30)23-11-10-22-19-9-8-18-6-5-7-26(31)29(18,3)24(19)12-13-28(22,23)2/h5,7-8,19-20,22-25,30H,6,9-16H2,1-4H3/t19?,20?,22?,23?,24?,25?,28-,29-/m0/s1. The van der Waals surface area contributed by atoms with E-state index >= 15 is 0 Å². The maximum Gasteiger partial charge on any atom is 0.336 e. The Morgan fingerprint density at radius 3 is 2.71 bits per heavy atom. The Bertz CT molecular complexity index is 960. The van der Waals surface area contributed by atoms with Crippen LogP contribution >= 0.6 is 0 Å². The van der Waals surface area contributed by atoms with Gasteiger partial charge in [-0.2, -0.15) is 0 Å². The van der Waals surface area contributed by atoms with E-state index in [9.17, 15) is 14.7 Å². The first-order valence-corrected chi connectivity index (χ1v) is 13.2. The summed E-state index contributed by atoms with van der Waals surface area (Å²) in [6.45, 7) is 6.92. The number of carbonyl (C=O) groups is 2. The van der Waals surface area contributed by atoms with Crippen LogP contribution in [-0.4, -0.2) is 43.3 Å². The van der Waals surface area contributed by atoms with E-state index in [2.05, 4.69) is 19.9 Å². The lowest BCUT2D eigenvalue weighted by molar-refractivity contribution is -0.154. The third-order valence-electron chi connectivity index (χ3n) is 10.7. The third kappa shape index (κ3) is 3.41. The van der Waals surface area contributed by atoms with Gasteiger partial charge in [0.05, 0.1) is 17.6 Å². The number of carbonyl (C=O) groups excluding carboxylic acids is 2. The molecule has 0 bridgehead atoms. The van der Waals surface area contributed by atoms with Crippen LogP contribution in [0, 0.1) is 40.4 Å². The molecule has 0 radical (unpaired) electrons. The number of aliphatic hydroxyl groups excluding tert-OH is 1. The Balaban J connectivity index is 1.40. The molecule has 0 spiro atoms. The Morgan fingerprint density at radius 2 is 2.00 bits per heavy atom. The Labute approximate surface area is 203 Å². The molecule has 186 valence electrons. The van der Waals surface area contributed by atoms with E-state index in [-0.39, 0.29) is 47.8 Å². The third-order valence-corrected chi connectivity index (χ3v) is 10.7. The quantitative estimate of drug-likeness (QED) is 0.464. The summed E-state index contributed by atoms with van der Waals surface area (Å²) in [6, 6.07) is 0. The summed E-state index contributed by atoms with van der Waals surface area (Å²) in [5.74, 6) is 1.71. The lowest BCUT2D eigenvalue weighted by Gasteiger charge is -2.57. The van der Waals surface area contributed by atoms with E-state index in [1.165, 1.54) is 5.57 Å². The number of rotatable bonds is 5. The van der Waals surface area contributed by atoms with Gasteiger partial charge in [-0.05, 0) is 87.5 Å². The summed E-state index contributed by atoms with van der Waals surface area (Å²) in [7, 11) is 1.59. The number of aliphatic hydroxyl groups is 1. The van der Waals surface area contributed by atoms with Crippen molar-refractivity contribution >= 4 is 11.8 Å². The first-order valence-electron chi connectivity index (χ1n) is 13.2. The molecule has 5 nitrogen and oxygen atoms in total. The van der Waals surface area contributed by atoms with Crippen molar-refractivity contribution in [2.45, 2.75) is 71.8 Å². The fourth-order valence-electron chi connectivity index (χ4n) is 8.83. The molecule has 1 aliphatic heterocycles. The molecule has 0 amide bonds. The first-order chi connectivity index (χ1) is 16.3. The van der Waals surface area contributed by atoms with Gasteiger partial charge in [0.25, 0.3) is 0 Å². The topological polar surface area (TPSA) is 72.8 Å². The van der Waals surface area contributed by atoms with Gasteiger partial charge in [-0.1, -0.05) is 30.2 Å². The summed E-state index contributed by atoms with van der Waals surface area (Å²) in [6.07, 6.45) is 12.9. The highest BCUT2D eigenvalue weighted by Gasteiger charge is 2.61. The normalized spacial score (nSPS) is 42.5. The second-order valence-corrected chi connectivity index (χ2v) is 11.9. The maximum atomic E-state index is 13.1. The zero-order valence-corrected chi connectivity index (χ0v) is 21.1. The average Bonchev–Trinajstić information content (AvgIpc) is 3.15. The van der Waals surface area contributed by atoms with Gasteiger partial charge in [-0.3, -0.25) is 4.79 Å². The van der Waals surface area contributed by atoms with E-state index in [0.717, 1.165) is 44.1 Å². The highest BCUT2D eigenvalue weighted by molar-refractivity contribution is 5.98. The Kier molecular flexibility index (Phi) is 6.17. The van der Waals surface area contributed by atoms with Crippen LogP contribution in [-0.2, 0) is 19.1 Å². The highest BCUT2D eigenvalue weighted by atomic mass is 16.5. The fourth-order valence-corrected chi connectivity index (χ4v) is 8.83. The number of allylic oxidation sites excluding steroid dienone is 4. The summed E-state index contributed by atoms with van der Waals surface area (Å²) in [5.41, 5.74) is 2.73. The van der Waals surface area contributed by atoms with Crippen LogP contribution in [0.25, 0.3) is 0 Å². The Hall–Kier alpha value is -1.72. The van der Waals surface area contributed by atoms with Crippen molar-refractivity contribution in [3.63, 3.8) is 0 Å². The zero-order valence-electron chi connectivity index (χ0n) is 21.1. The van der Waals surface area contributed by atoms with Gasteiger partial charge in [0.15, 0.2) is 5.78 Å². The molecule has 8 atom stereocenters. The van der Waals surface area contributed by atoms with Gasteiger partial charge < -0.3 is 14.6 Å². The molecule has 2 saturated carbocycles. The van der Waals surface area contributed by atoms with Crippen molar-refractivity contribution in [2.24, 2.45) is 40.4 Å². The molecule has 2 fully saturated rings.